The lowest BCUT2D eigenvalue weighted by atomic mass is 10.0. The number of anilines is 1. The van der Waals surface area contributed by atoms with Crippen LogP contribution in [-0.4, -0.2) is 21.1 Å². The molecule has 0 unspecified atom stereocenters. The van der Waals surface area contributed by atoms with E-state index in [2.05, 4.69) is 15.6 Å². The van der Waals surface area contributed by atoms with E-state index in [1.807, 2.05) is 54.6 Å². The Bertz CT molecular complexity index is 1210. The number of hydrogen-bond acceptors (Lipinski definition) is 4. The van der Waals surface area contributed by atoms with Crippen LogP contribution in [0.3, 0.4) is 0 Å². The van der Waals surface area contributed by atoms with Crippen molar-refractivity contribution in [1.29, 1.82) is 0 Å². The van der Waals surface area contributed by atoms with Crippen LogP contribution >= 0.6 is 12.2 Å². The van der Waals surface area contributed by atoms with Crippen molar-refractivity contribution in [2.75, 3.05) is 5.32 Å². The minimum absolute atomic E-state index is 0.0461. The van der Waals surface area contributed by atoms with Gasteiger partial charge in [0.2, 0.25) is 0 Å². The van der Waals surface area contributed by atoms with Crippen LogP contribution in [-0.2, 0) is 0 Å². The normalized spacial score (nSPS) is 10.5. The standard InChI is InChI=1S/C23H17N3O2S/c27-21-13-7-6-12-19(21)25-23(29)26-22(28)17-14-20(15-8-2-1-3-9-15)24-18-11-5-4-10-16(17)18/h1-14,27H,(H2,25,26,28,29). The van der Waals surface area contributed by atoms with Crippen molar-refractivity contribution >= 4 is 39.8 Å². The number of para-hydroxylation sites is 3. The van der Waals surface area contributed by atoms with Crippen molar-refractivity contribution in [3.05, 3.63) is 90.5 Å². The maximum Gasteiger partial charge on any atom is 0.258 e. The fourth-order valence-electron chi connectivity index (χ4n) is 3.02. The molecule has 3 aromatic carbocycles. The number of rotatable bonds is 3. The minimum Gasteiger partial charge on any atom is -0.506 e. The largest absolute Gasteiger partial charge is 0.506 e. The number of phenolic OH excluding ortho intramolecular Hbond substituents is 1. The van der Waals surface area contributed by atoms with Gasteiger partial charge in [0.05, 0.1) is 22.5 Å². The minimum atomic E-state index is -0.353. The van der Waals surface area contributed by atoms with Gasteiger partial charge in [0, 0.05) is 10.9 Å². The lowest BCUT2D eigenvalue weighted by Gasteiger charge is -2.13. The Labute approximate surface area is 173 Å². The Kier molecular flexibility index (Phi) is 5.18. The molecule has 0 fully saturated rings. The molecule has 4 aromatic rings. The molecule has 142 valence electrons. The number of carbonyl (C=O) groups excluding carboxylic acids is 1. The van der Waals surface area contributed by atoms with E-state index < -0.39 is 0 Å². The zero-order chi connectivity index (χ0) is 20.2. The van der Waals surface area contributed by atoms with Crippen molar-refractivity contribution in [1.82, 2.24) is 10.3 Å². The second-order valence-corrected chi connectivity index (χ2v) is 6.77. The molecule has 0 aliphatic heterocycles. The summed E-state index contributed by atoms with van der Waals surface area (Å²) in [5.74, 6) is -0.307. The van der Waals surface area contributed by atoms with Gasteiger partial charge < -0.3 is 10.4 Å². The van der Waals surface area contributed by atoms with Gasteiger partial charge in [-0.3, -0.25) is 10.1 Å². The molecule has 0 bridgehead atoms. The summed E-state index contributed by atoms with van der Waals surface area (Å²) in [5.41, 5.74) is 3.23. The van der Waals surface area contributed by atoms with Gasteiger partial charge >= 0.3 is 0 Å². The predicted octanol–water partition coefficient (Wildman–Crippen LogP) is 4.73. The Morgan fingerprint density at radius 3 is 2.38 bits per heavy atom. The van der Waals surface area contributed by atoms with E-state index in [-0.39, 0.29) is 16.8 Å². The second-order valence-electron chi connectivity index (χ2n) is 6.36. The van der Waals surface area contributed by atoms with Crippen LogP contribution in [0.15, 0.2) is 84.9 Å². The lowest BCUT2D eigenvalue weighted by Crippen LogP contribution is -2.34. The fourth-order valence-corrected chi connectivity index (χ4v) is 3.23. The number of nitrogens with one attached hydrogen (secondary N) is 2. The molecule has 6 heteroatoms. The first kappa shape index (κ1) is 18.6. The van der Waals surface area contributed by atoms with Crippen molar-refractivity contribution in [2.45, 2.75) is 0 Å². The number of hydrogen-bond donors (Lipinski definition) is 3. The summed E-state index contributed by atoms with van der Waals surface area (Å²) in [4.78, 5) is 17.7. The molecule has 0 radical (unpaired) electrons. The molecule has 0 aliphatic carbocycles. The monoisotopic (exact) mass is 399 g/mol. The molecule has 0 saturated carbocycles. The van der Waals surface area contributed by atoms with Crippen LogP contribution < -0.4 is 10.6 Å². The van der Waals surface area contributed by atoms with E-state index in [1.54, 1.807) is 24.3 Å². The molecule has 4 rings (SSSR count). The molecular weight excluding hydrogens is 382 g/mol. The van der Waals surface area contributed by atoms with Crippen molar-refractivity contribution in [2.24, 2.45) is 0 Å². The Morgan fingerprint density at radius 1 is 0.897 bits per heavy atom. The third kappa shape index (κ3) is 4.07. The van der Waals surface area contributed by atoms with Gasteiger partial charge in [-0.2, -0.15) is 0 Å². The summed E-state index contributed by atoms with van der Waals surface area (Å²) >= 11 is 5.25. The molecule has 1 heterocycles. The summed E-state index contributed by atoms with van der Waals surface area (Å²) < 4.78 is 0. The summed E-state index contributed by atoms with van der Waals surface area (Å²) in [6, 6.07) is 25.6. The smallest absolute Gasteiger partial charge is 0.258 e. The fraction of sp³-hybridized carbons (Fsp3) is 0. The molecule has 1 aromatic heterocycles. The van der Waals surface area contributed by atoms with E-state index in [0.29, 0.717) is 16.9 Å². The number of aromatic hydroxyl groups is 1. The molecule has 0 atom stereocenters. The van der Waals surface area contributed by atoms with E-state index in [0.717, 1.165) is 16.5 Å². The number of pyridine rings is 1. The summed E-state index contributed by atoms with van der Waals surface area (Å²) in [6.45, 7) is 0. The number of carbonyl (C=O) groups is 1. The van der Waals surface area contributed by atoms with Gasteiger partial charge in [0.25, 0.3) is 5.91 Å². The van der Waals surface area contributed by atoms with Gasteiger partial charge in [-0.25, -0.2) is 4.98 Å². The molecule has 5 nitrogen and oxygen atoms in total. The average Bonchev–Trinajstić information content (AvgIpc) is 2.75. The Balaban J connectivity index is 1.66. The summed E-state index contributed by atoms with van der Waals surface area (Å²) in [7, 11) is 0. The summed E-state index contributed by atoms with van der Waals surface area (Å²) in [6.07, 6.45) is 0. The highest BCUT2D eigenvalue weighted by molar-refractivity contribution is 7.80. The molecule has 0 spiro atoms. The van der Waals surface area contributed by atoms with E-state index in [4.69, 9.17) is 12.2 Å². The first-order valence-corrected chi connectivity index (χ1v) is 9.38. The highest BCUT2D eigenvalue weighted by Crippen LogP contribution is 2.25. The zero-order valence-corrected chi connectivity index (χ0v) is 16.1. The lowest BCUT2D eigenvalue weighted by molar-refractivity contribution is 0.0979. The van der Waals surface area contributed by atoms with Crippen LogP contribution in [0.1, 0.15) is 10.4 Å². The predicted molar refractivity (Wildman–Crippen MR) is 119 cm³/mol. The van der Waals surface area contributed by atoms with Gasteiger partial charge in [-0.1, -0.05) is 60.7 Å². The Morgan fingerprint density at radius 2 is 1.59 bits per heavy atom. The first-order chi connectivity index (χ1) is 14.1. The van der Waals surface area contributed by atoms with Crippen LogP contribution in [0.2, 0.25) is 0 Å². The molecular formula is C23H17N3O2S. The molecule has 1 amide bonds. The van der Waals surface area contributed by atoms with Crippen LogP contribution in [0.5, 0.6) is 5.75 Å². The van der Waals surface area contributed by atoms with Gasteiger partial charge in [0.1, 0.15) is 5.75 Å². The highest BCUT2D eigenvalue weighted by Gasteiger charge is 2.15. The topological polar surface area (TPSA) is 74.2 Å². The number of fused-ring (bicyclic) bond motifs is 1. The van der Waals surface area contributed by atoms with Gasteiger partial charge in [0.15, 0.2) is 5.11 Å². The summed E-state index contributed by atoms with van der Waals surface area (Å²) in [5, 5.41) is 16.2. The number of benzene rings is 3. The van der Waals surface area contributed by atoms with Crippen LogP contribution in [0, 0.1) is 0 Å². The number of thiocarbonyl (C=S) groups is 1. The van der Waals surface area contributed by atoms with Crippen molar-refractivity contribution in [3.63, 3.8) is 0 Å². The van der Waals surface area contributed by atoms with Crippen molar-refractivity contribution < 1.29 is 9.90 Å². The van der Waals surface area contributed by atoms with E-state index >= 15 is 0 Å². The third-order valence-electron chi connectivity index (χ3n) is 4.41. The second kappa shape index (κ2) is 8.08. The van der Waals surface area contributed by atoms with E-state index in [1.165, 1.54) is 6.07 Å². The van der Waals surface area contributed by atoms with Crippen LogP contribution in [0.25, 0.3) is 22.2 Å². The molecule has 0 saturated heterocycles. The molecule has 3 N–H and O–H groups in total. The van der Waals surface area contributed by atoms with Gasteiger partial charge in [-0.05, 0) is 36.5 Å². The maximum atomic E-state index is 13.0. The van der Waals surface area contributed by atoms with E-state index in [9.17, 15) is 9.90 Å². The zero-order valence-electron chi connectivity index (χ0n) is 15.3. The SMILES string of the molecule is O=C(NC(=S)Nc1ccccc1O)c1cc(-c2ccccc2)nc2ccccc12. The first-order valence-electron chi connectivity index (χ1n) is 8.97. The third-order valence-corrected chi connectivity index (χ3v) is 4.61. The number of amides is 1. The Hall–Kier alpha value is -3.77. The molecule has 29 heavy (non-hydrogen) atoms. The van der Waals surface area contributed by atoms with Gasteiger partial charge in [-0.15, -0.1) is 0 Å². The molecule has 0 aliphatic rings. The number of aromatic nitrogens is 1. The highest BCUT2D eigenvalue weighted by atomic mass is 32.1. The average molecular weight is 399 g/mol. The maximum absolute atomic E-state index is 13.0. The number of phenols is 1. The van der Waals surface area contributed by atoms with Crippen LogP contribution in [0.4, 0.5) is 5.69 Å². The number of nitrogens with zero attached hydrogens (tertiary/aromatic N) is 1. The van der Waals surface area contributed by atoms with Crippen molar-refractivity contribution in [3.8, 4) is 17.0 Å². The quantitative estimate of drug-likeness (QED) is 0.343.